The molecule has 2 aromatic rings. The Kier molecular flexibility index (Phi) is 7.40. The van der Waals surface area contributed by atoms with Crippen molar-refractivity contribution in [2.24, 2.45) is 0 Å². The normalized spacial score (nSPS) is 22.7. The second-order valence-electron chi connectivity index (χ2n) is 10.2. The van der Waals surface area contributed by atoms with Crippen LogP contribution in [0.4, 0.5) is 5.82 Å². The Bertz CT molecular complexity index is 1200. The van der Waals surface area contributed by atoms with Gasteiger partial charge in [-0.1, -0.05) is 24.3 Å². The number of aliphatic hydroxyl groups is 1. The van der Waals surface area contributed by atoms with Crippen LogP contribution >= 0.6 is 0 Å². The smallest absolute Gasteiger partial charge is 0.272 e. The molecule has 5 rings (SSSR count). The van der Waals surface area contributed by atoms with Gasteiger partial charge in [-0.25, -0.2) is 9.97 Å². The topological polar surface area (TPSA) is 102 Å². The van der Waals surface area contributed by atoms with Gasteiger partial charge in [0.05, 0.1) is 6.10 Å². The van der Waals surface area contributed by atoms with Crippen molar-refractivity contribution in [1.29, 1.82) is 0 Å². The van der Waals surface area contributed by atoms with Crippen LogP contribution in [0.25, 0.3) is 0 Å². The van der Waals surface area contributed by atoms with Gasteiger partial charge in [-0.05, 0) is 42.7 Å². The van der Waals surface area contributed by atoms with Crippen LogP contribution in [-0.2, 0) is 17.8 Å². The minimum atomic E-state index is -0.638. The maximum Gasteiger partial charge on any atom is 0.272 e. The molecule has 2 N–H and O–H groups in total. The van der Waals surface area contributed by atoms with Gasteiger partial charge in [-0.15, -0.1) is 6.42 Å². The largest absolute Gasteiger partial charge is 0.390 e. The molecule has 0 unspecified atom stereocenters. The summed E-state index contributed by atoms with van der Waals surface area (Å²) in [5.41, 5.74) is 2.92. The lowest BCUT2D eigenvalue weighted by atomic mass is 9.94. The lowest BCUT2D eigenvalue weighted by Crippen LogP contribution is -2.56. The second kappa shape index (κ2) is 10.9. The highest BCUT2D eigenvalue weighted by molar-refractivity contribution is 5.93. The number of hydrogen-bond donors (Lipinski definition) is 2. The molecule has 3 aliphatic rings. The van der Waals surface area contributed by atoms with E-state index in [0.29, 0.717) is 31.9 Å². The number of carbonyl (C=O) groups is 2. The maximum atomic E-state index is 13.4. The van der Waals surface area contributed by atoms with E-state index in [-0.39, 0.29) is 42.0 Å². The van der Waals surface area contributed by atoms with Crippen LogP contribution in [0, 0.1) is 12.3 Å². The van der Waals surface area contributed by atoms with Crippen molar-refractivity contribution in [3.05, 3.63) is 53.0 Å². The van der Waals surface area contributed by atoms with Gasteiger partial charge >= 0.3 is 0 Å². The highest BCUT2D eigenvalue weighted by Crippen LogP contribution is 2.26. The summed E-state index contributed by atoms with van der Waals surface area (Å²) in [6.45, 7) is 5.47. The highest BCUT2D eigenvalue weighted by Gasteiger charge is 2.36. The predicted octanol–water partition coefficient (Wildman–Crippen LogP) is 1.51. The van der Waals surface area contributed by atoms with E-state index in [0.717, 1.165) is 32.4 Å². The number of carbonyl (C=O) groups excluding carboxylic acids is 2. The fraction of sp³-hybridized carbons (Fsp3) is 0.500. The maximum absolute atomic E-state index is 13.4. The number of amides is 2. The summed E-state index contributed by atoms with van der Waals surface area (Å²) in [5.74, 6) is 2.94. The number of nitrogens with zero attached hydrogens (tertiary/aromatic N) is 5. The third kappa shape index (κ3) is 5.60. The SMILES string of the molecule is C#Cc1nc(NC2CCN(C(C)=O)CC2)cc(C(=O)N2CC[C@@H](N3CCc4ccccc4C3)[C@H](O)C2)n1. The molecule has 0 aliphatic carbocycles. The fourth-order valence-corrected chi connectivity index (χ4v) is 5.74. The van der Waals surface area contributed by atoms with Crippen LogP contribution in [0.1, 0.15) is 53.6 Å². The van der Waals surface area contributed by atoms with Gasteiger partial charge in [-0.3, -0.25) is 14.5 Å². The summed E-state index contributed by atoms with van der Waals surface area (Å²) >= 11 is 0. The zero-order valence-electron chi connectivity index (χ0n) is 21.3. The number of aromatic nitrogens is 2. The Hall–Kier alpha value is -3.48. The molecular formula is C28H34N6O3. The number of aliphatic hydroxyl groups excluding tert-OH is 1. The number of piperidine rings is 2. The Labute approximate surface area is 217 Å². The van der Waals surface area contributed by atoms with Gasteiger partial charge in [0.25, 0.3) is 5.91 Å². The van der Waals surface area contributed by atoms with Gasteiger partial charge in [0.1, 0.15) is 11.5 Å². The Balaban J connectivity index is 1.22. The van der Waals surface area contributed by atoms with Gasteiger partial charge in [0.2, 0.25) is 11.7 Å². The minimum absolute atomic E-state index is 0.0159. The van der Waals surface area contributed by atoms with E-state index in [1.165, 1.54) is 11.1 Å². The van der Waals surface area contributed by atoms with E-state index in [9.17, 15) is 14.7 Å². The van der Waals surface area contributed by atoms with Crippen molar-refractivity contribution in [3.8, 4) is 12.3 Å². The summed E-state index contributed by atoms with van der Waals surface area (Å²) in [6.07, 6.45) is 8.20. The summed E-state index contributed by atoms with van der Waals surface area (Å²) in [6, 6.07) is 10.3. The lowest BCUT2D eigenvalue weighted by Gasteiger charge is -2.43. The number of likely N-dealkylation sites (tertiary alicyclic amines) is 2. The molecule has 0 radical (unpaired) electrons. The van der Waals surface area contributed by atoms with E-state index in [2.05, 4.69) is 50.4 Å². The van der Waals surface area contributed by atoms with Crippen LogP contribution in [0.15, 0.2) is 30.3 Å². The van der Waals surface area contributed by atoms with Crippen LogP contribution in [0.3, 0.4) is 0 Å². The minimum Gasteiger partial charge on any atom is -0.390 e. The van der Waals surface area contributed by atoms with Gasteiger partial charge in [0, 0.05) is 64.3 Å². The first kappa shape index (κ1) is 25.2. The number of terminal acetylenes is 1. The molecule has 37 heavy (non-hydrogen) atoms. The van der Waals surface area contributed by atoms with E-state index in [1.807, 2.05) is 4.90 Å². The number of rotatable bonds is 4. The van der Waals surface area contributed by atoms with Crippen LogP contribution in [0.5, 0.6) is 0 Å². The third-order valence-electron chi connectivity index (χ3n) is 7.83. The third-order valence-corrected chi connectivity index (χ3v) is 7.83. The standard InChI is InChI=1S/C28H34N6O3/c1-3-26-30-23(16-27(31-26)29-22-9-13-32(14-10-22)19(2)35)28(37)34-15-11-24(25(36)18-34)33-12-8-20-6-4-5-7-21(20)17-33/h1,4-7,16,22,24-25,36H,8-15,17-18H2,2H3,(H,29,30,31)/t24-,25-/m1/s1. The quantitative estimate of drug-likeness (QED) is 0.611. The molecule has 0 bridgehead atoms. The Morgan fingerprint density at radius 2 is 1.78 bits per heavy atom. The van der Waals surface area contributed by atoms with E-state index < -0.39 is 6.10 Å². The zero-order chi connectivity index (χ0) is 25.9. The van der Waals surface area contributed by atoms with E-state index >= 15 is 0 Å². The highest BCUT2D eigenvalue weighted by atomic mass is 16.3. The van der Waals surface area contributed by atoms with Crippen LogP contribution in [0.2, 0.25) is 0 Å². The average molecular weight is 503 g/mol. The van der Waals surface area contributed by atoms with Crippen LogP contribution in [-0.4, -0.2) is 92.5 Å². The number of benzene rings is 1. The Morgan fingerprint density at radius 1 is 1.05 bits per heavy atom. The second-order valence-corrected chi connectivity index (χ2v) is 10.2. The van der Waals surface area contributed by atoms with E-state index in [1.54, 1.807) is 17.9 Å². The van der Waals surface area contributed by atoms with Gasteiger partial charge in [-0.2, -0.15) is 0 Å². The zero-order valence-corrected chi connectivity index (χ0v) is 21.3. The van der Waals surface area contributed by atoms with Gasteiger partial charge < -0.3 is 20.2 Å². The van der Waals surface area contributed by atoms with Crippen LogP contribution < -0.4 is 5.32 Å². The number of hydrogen-bond acceptors (Lipinski definition) is 7. The monoisotopic (exact) mass is 502 g/mol. The molecule has 3 aliphatic heterocycles. The first-order valence-corrected chi connectivity index (χ1v) is 13.1. The summed E-state index contributed by atoms with van der Waals surface area (Å²) in [7, 11) is 0. The van der Waals surface area contributed by atoms with Crippen molar-refractivity contribution in [3.63, 3.8) is 0 Å². The molecule has 1 aromatic carbocycles. The number of anilines is 1. The molecule has 0 saturated carbocycles. The number of fused-ring (bicyclic) bond motifs is 1. The first-order chi connectivity index (χ1) is 17.9. The molecule has 4 heterocycles. The van der Waals surface area contributed by atoms with Crippen molar-refractivity contribution >= 4 is 17.6 Å². The molecule has 2 saturated heterocycles. The average Bonchev–Trinajstić information content (AvgIpc) is 2.92. The molecular weight excluding hydrogens is 468 g/mol. The molecule has 9 heteroatoms. The van der Waals surface area contributed by atoms with Crippen molar-refractivity contribution in [2.75, 3.05) is 38.0 Å². The summed E-state index contributed by atoms with van der Waals surface area (Å²) in [5, 5.41) is 14.4. The van der Waals surface area contributed by atoms with Crippen molar-refractivity contribution in [1.82, 2.24) is 24.7 Å². The summed E-state index contributed by atoms with van der Waals surface area (Å²) < 4.78 is 0. The lowest BCUT2D eigenvalue weighted by molar-refractivity contribution is -0.129. The molecule has 2 atom stereocenters. The molecule has 194 valence electrons. The van der Waals surface area contributed by atoms with Crippen molar-refractivity contribution < 1.29 is 14.7 Å². The fourth-order valence-electron chi connectivity index (χ4n) is 5.74. The molecule has 0 spiro atoms. The Morgan fingerprint density at radius 3 is 2.49 bits per heavy atom. The number of β-amino-alcohol motifs (C(OH)–C–C–N with tert-alkyl or cyclic N) is 1. The molecule has 2 fully saturated rings. The summed E-state index contributed by atoms with van der Waals surface area (Å²) in [4.78, 5) is 39.5. The predicted molar refractivity (Wildman–Crippen MR) is 140 cm³/mol. The molecule has 9 nitrogen and oxygen atoms in total. The molecule has 2 amide bonds. The first-order valence-electron chi connectivity index (χ1n) is 13.1. The van der Waals surface area contributed by atoms with Gasteiger partial charge in [0.15, 0.2) is 0 Å². The van der Waals surface area contributed by atoms with E-state index in [4.69, 9.17) is 6.42 Å². The number of nitrogens with one attached hydrogen (secondary N) is 1. The van der Waals surface area contributed by atoms with Crippen molar-refractivity contribution in [2.45, 2.75) is 57.3 Å². The molecule has 1 aromatic heterocycles.